The predicted octanol–water partition coefficient (Wildman–Crippen LogP) is 5.93. The van der Waals surface area contributed by atoms with Crippen molar-refractivity contribution in [3.05, 3.63) is 34.1 Å². The number of benzene rings is 1. The highest BCUT2D eigenvalue weighted by Crippen LogP contribution is 2.27. The van der Waals surface area contributed by atoms with Gasteiger partial charge in [-0.15, -0.1) is 0 Å². The van der Waals surface area contributed by atoms with Crippen LogP contribution in [0.1, 0.15) is 75.5 Å². The van der Waals surface area contributed by atoms with Crippen molar-refractivity contribution < 1.29 is 4.39 Å². The molecule has 0 aliphatic heterocycles. The number of rotatable bonds is 9. The molecule has 3 heteroatoms. The van der Waals surface area contributed by atoms with E-state index in [1.165, 1.54) is 44.6 Å². The number of nitrogens with two attached hydrogens (primary N) is 1. The van der Waals surface area contributed by atoms with Gasteiger partial charge in [-0.2, -0.15) is 0 Å². The van der Waals surface area contributed by atoms with Gasteiger partial charge >= 0.3 is 0 Å². The fourth-order valence-electron chi connectivity index (χ4n) is 2.44. The molecular weight excluding hydrogens is 273 g/mol. The van der Waals surface area contributed by atoms with Gasteiger partial charge in [0.25, 0.3) is 0 Å². The molecule has 1 aromatic rings. The van der Waals surface area contributed by atoms with E-state index in [9.17, 15) is 4.39 Å². The highest BCUT2D eigenvalue weighted by molar-refractivity contribution is 6.31. The minimum Gasteiger partial charge on any atom is -0.324 e. The van der Waals surface area contributed by atoms with Crippen LogP contribution in [-0.4, -0.2) is 0 Å². The summed E-state index contributed by atoms with van der Waals surface area (Å²) in [6.07, 6.45) is 9.80. The van der Waals surface area contributed by atoms with E-state index < -0.39 is 0 Å². The Bertz CT molecular complexity index is 406. The summed E-state index contributed by atoms with van der Waals surface area (Å²) >= 11 is 6.07. The Balaban J connectivity index is 2.32. The molecule has 1 unspecified atom stereocenters. The molecule has 0 radical (unpaired) electrons. The third kappa shape index (κ3) is 5.80. The van der Waals surface area contributed by atoms with Crippen LogP contribution in [0.2, 0.25) is 5.02 Å². The average molecular weight is 300 g/mol. The predicted molar refractivity (Wildman–Crippen MR) is 85.7 cm³/mol. The first-order chi connectivity index (χ1) is 9.56. The third-order valence-electron chi connectivity index (χ3n) is 3.80. The Morgan fingerprint density at radius 1 is 1.10 bits per heavy atom. The zero-order chi connectivity index (χ0) is 15.0. The van der Waals surface area contributed by atoms with E-state index in [0.717, 1.165) is 18.4 Å². The van der Waals surface area contributed by atoms with Crippen molar-refractivity contribution in [2.45, 2.75) is 71.3 Å². The molecule has 114 valence electrons. The molecule has 20 heavy (non-hydrogen) atoms. The molecule has 0 spiro atoms. The molecule has 0 bridgehead atoms. The van der Waals surface area contributed by atoms with Crippen LogP contribution in [0.25, 0.3) is 0 Å². The SMILES string of the molecule is CCCCCCCCCC(N)c1cc(C)c(F)cc1Cl. The van der Waals surface area contributed by atoms with Crippen LogP contribution in [0.15, 0.2) is 12.1 Å². The Labute approximate surface area is 127 Å². The summed E-state index contributed by atoms with van der Waals surface area (Å²) in [6.45, 7) is 3.98. The molecule has 0 aliphatic rings. The molecule has 0 heterocycles. The summed E-state index contributed by atoms with van der Waals surface area (Å²) in [5, 5.41) is 0.448. The zero-order valence-electron chi connectivity index (χ0n) is 12.7. The molecule has 0 aliphatic carbocycles. The summed E-state index contributed by atoms with van der Waals surface area (Å²) in [5.74, 6) is -0.262. The van der Waals surface area contributed by atoms with E-state index in [0.29, 0.717) is 10.6 Å². The topological polar surface area (TPSA) is 26.0 Å². The standard InChI is InChI=1S/C17H27ClFN/c1-3-4-5-6-7-8-9-10-17(20)14-11-13(2)16(19)12-15(14)18/h11-12,17H,3-10,20H2,1-2H3. The summed E-state index contributed by atoms with van der Waals surface area (Å²) in [4.78, 5) is 0. The highest BCUT2D eigenvalue weighted by Gasteiger charge is 2.12. The van der Waals surface area contributed by atoms with Gasteiger partial charge in [0.1, 0.15) is 5.82 Å². The molecule has 2 N–H and O–H groups in total. The lowest BCUT2D eigenvalue weighted by Crippen LogP contribution is -2.11. The fourth-order valence-corrected chi connectivity index (χ4v) is 2.73. The second kappa shape index (κ2) is 9.36. The van der Waals surface area contributed by atoms with Crippen LogP contribution >= 0.6 is 11.6 Å². The lowest BCUT2D eigenvalue weighted by atomic mass is 9.98. The van der Waals surface area contributed by atoms with Gasteiger partial charge < -0.3 is 5.73 Å². The molecular formula is C17H27ClFN. The van der Waals surface area contributed by atoms with E-state index in [2.05, 4.69) is 6.92 Å². The van der Waals surface area contributed by atoms with Crippen molar-refractivity contribution in [2.24, 2.45) is 5.73 Å². The van der Waals surface area contributed by atoms with Crippen molar-refractivity contribution in [1.82, 2.24) is 0 Å². The first kappa shape index (κ1) is 17.5. The number of halogens is 2. The normalized spacial score (nSPS) is 12.7. The fraction of sp³-hybridized carbons (Fsp3) is 0.647. The van der Waals surface area contributed by atoms with Gasteiger partial charge in [0.15, 0.2) is 0 Å². The first-order valence-electron chi connectivity index (χ1n) is 7.77. The Kier molecular flexibility index (Phi) is 8.16. The molecule has 1 aromatic carbocycles. The van der Waals surface area contributed by atoms with Crippen LogP contribution in [-0.2, 0) is 0 Å². The Hall–Kier alpha value is -0.600. The van der Waals surface area contributed by atoms with E-state index in [1.807, 2.05) is 0 Å². The molecule has 0 saturated carbocycles. The van der Waals surface area contributed by atoms with Gasteiger partial charge in [0, 0.05) is 11.1 Å². The van der Waals surface area contributed by atoms with Gasteiger partial charge in [-0.25, -0.2) is 4.39 Å². The number of hydrogen-bond acceptors (Lipinski definition) is 1. The smallest absolute Gasteiger partial charge is 0.127 e. The van der Waals surface area contributed by atoms with Crippen LogP contribution in [0.3, 0.4) is 0 Å². The molecule has 1 nitrogen and oxygen atoms in total. The largest absolute Gasteiger partial charge is 0.324 e. The molecule has 0 saturated heterocycles. The number of aryl methyl sites for hydroxylation is 1. The van der Waals surface area contributed by atoms with Crippen LogP contribution in [0, 0.1) is 12.7 Å². The highest BCUT2D eigenvalue weighted by atomic mass is 35.5. The zero-order valence-corrected chi connectivity index (χ0v) is 13.5. The summed E-state index contributed by atoms with van der Waals surface area (Å²) in [5.41, 5.74) is 7.65. The van der Waals surface area contributed by atoms with Crippen molar-refractivity contribution in [1.29, 1.82) is 0 Å². The average Bonchev–Trinajstić information content (AvgIpc) is 2.41. The molecule has 0 amide bonds. The minimum absolute atomic E-state index is 0.0857. The van der Waals surface area contributed by atoms with Gasteiger partial charge in [0.05, 0.1) is 0 Å². The van der Waals surface area contributed by atoms with E-state index in [-0.39, 0.29) is 11.9 Å². The van der Waals surface area contributed by atoms with Crippen molar-refractivity contribution in [3.8, 4) is 0 Å². The second-order valence-electron chi connectivity index (χ2n) is 5.64. The monoisotopic (exact) mass is 299 g/mol. The maximum Gasteiger partial charge on any atom is 0.127 e. The molecule has 0 fully saturated rings. The number of hydrogen-bond donors (Lipinski definition) is 1. The maximum atomic E-state index is 13.4. The maximum absolute atomic E-state index is 13.4. The molecule has 1 rings (SSSR count). The van der Waals surface area contributed by atoms with Crippen molar-refractivity contribution in [2.75, 3.05) is 0 Å². The van der Waals surface area contributed by atoms with Gasteiger partial charge in [-0.1, -0.05) is 69.5 Å². The van der Waals surface area contributed by atoms with Gasteiger partial charge in [0.2, 0.25) is 0 Å². The summed E-state index contributed by atoms with van der Waals surface area (Å²) in [7, 11) is 0. The van der Waals surface area contributed by atoms with E-state index in [4.69, 9.17) is 17.3 Å². The summed E-state index contributed by atoms with van der Waals surface area (Å²) in [6, 6.07) is 3.07. The van der Waals surface area contributed by atoms with E-state index >= 15 is 0 Å². The minimum atomic E-state index is -0.262. The molecule has 0 aromatic heterocycles. The van der Waals surface area contributed by atoms with Crippen LogP contribution in [0.4, 0.5) is 4.39 Å². The lowest BCUT2D eigenvalue weighted by Gasteiger charge is -2.15. The van der Waals surface area contributed by atoms with Crippen molar-refractivity contribution >= 4 is 11.6 Å². The van der Waals surface area contributed by atoms with Crippen LogP contribution < -0.4 is 5.73 Å². The lowest BCUT2D eigenvalue weighted by molar-refractivity contribution is 0.540. The number of unbranched alkanes of at least 4 members (excludes halogenated alkanes) is 6. The van der Waals surface area contributed by atoms with Crippen molar-refractivity contribution in [3.63, 3.8) is 0 Å². The first-order valence-corrected chi connectivity index (χ1v) is 8.15. The van der Waals surface area contributed by atoms with E-state index in [1.54, 1.807) is 13.0 Å². The van der Waals surface area contributed by atoms with Gasteiger partial charge in [-0.05, 0) is 30.5 Å². The third-order valence-corrected chi connectivity index (χ3v) is 4.12. The Morgan fingerprint density at radius 3 is 2.35 bits per heavy atom. The molecule has 1 atom stereocenters. The Morgan fingerprint density at radius 2 is 1.70 bits per heavy atom. The summed E-state index contributed by atoms with van der Waals surface area (Å²) < 4.78 is 13.4. The quantitative estimate of drug-likeness (QED) is 0.562. The van der Waals surface area contributed by atoms with Crippen LogP contribution in [0.5, 0.6) is 0 Å². The van der Waals surface area contributed by atoms with Gasteiger partial charge in [-0.3, -0.25) is 0 Å². The second-order valence-corrected chi connectivity index (χ2v) is 6.05.